The minimum Gasteiger partial charge on any atom is -0.356 e. The van der Waals surface area contributed by atoms with Crippen LogP contribution in [0.2, 0.25) is 0 Å². The molecule has 0 aliphatic heterocycles. The molecule has 2 heterocycles. The fraction of sp³-hybridized carbons (Fsp3) is 0.269. The van der Waals surface area contributed by atoms with Gasteiger partial charge < -0.3 is 9.84 Å². The maximum Gasteiger partial charge on any atom is 0.227 e. The normalized spacial score (nSPS) is 20.6. The van der Waals surface area contributed by atoms with E-state index in [0.29, 0.717) is 48.9 Å². The third-order valence-corrected chi connectivity index (χ3v) is 7.48. The van der Waals surface area contributed by atoms with Gasteiger partial charge in [-0.15, -0.1) is 0 Å². The number of carbonyl (C=O) groups excluding carboxylic acids is 1. The molecule has 0 saturated carbocycles. The summed E-state index contributed by atoms with van der Waals surface area (Å²) in [6, 6.07) is 19.6. The summed E-state index contributed by atoms with van der Waals surface area (Å²) in [6.07, 6.45) is 1.87. The van der Waals surface area contributed by atoms with Crippen molar-refractivity contribution in [3.63, 3.8) is 0 Å². The molecule has 3 aliphatic rings. The molecule has 4 aromatic rings. The third kappa shape index (κ3) is 3.35. The molecule has 5 nitrogen and oxygen atoms in total. The Morgan fingerprint density at radius 3 is 2.44 bits per heavy atom. The fourth-order valence-electron chi connectivity index (χ4n) is 5.38. The number of thiophene rings is 1. The first-order valence-electron chi connectivity index (χ1n) is 11.1. The molecule has 0 saturated heterocycles. The molecule has 2 aromatic carbocycles. The molecule has 32 heavy (non-hydrogen) atoms. The Balaban J connectivity index is 1.11. The largest absolute Gasteiger partial charge is 0.356 e. The summed E-state index contributed by atoms with van der Waals surface area (Å²) < 4.78 is 5.32. The highest BCUT2D eigenvalue weighted by molar-refractivity contribution is 7.08. The van der Waals surface area contributed by atoms with E-state index in [4.69, 9.17) is 4.52 Å². The molecule has 0 radical (unpaired) electrons. The van der Waals surface area contributed by atoms with Crippen LogP contribution < -0.4 is 5.32 Å². The molecule has 0 fully saturated rings. The highest BCUT2D eigenvalue weighted by Gasteiger charge is 2.42. The molecule has 7 rings (SSSR count). The van der Waals surface area contributed by atoms with E-state index in [2.05, 4.69) is 64.0 Å². The van der Waals surface area contributed by atoms with E-state index in [1.165, 1.54) is 22.3 Å². The zero-order valence-corrected chi connectivity index (χ0v) is 18.3. The molecule has 3 aliphatic carbocycles. The van der Waals surface area contributed by atoms with Gasteiger partial charge in [0.25, 0.3) is 0 Å². The number of fused-ring (bicyclic) bond motifs is 1. The summed E-state index contributed by atoms with van der Waals surface area (Å²) in [4.78, 5) is 17.0. The van der Waals surface area contributed by atoms with Crippen molar-refractivity contribution in [2.75, 3.05) is 6.54 Å². The number of rotatable bonds is 6. The van der Waals surface area contributed by atoms with Gasteiger partial charge in [-0.2, -0.15) is 16.3 Å². The summed E-state index contributed by atoms with van der Waals surface area (Å²) in [5.41, 5.74) is 6.71. The van der Waals surface area contributed by atoms with Gasteiger partial charge in [0.05, 0.1) is 0 Å². The lowest BCUT2D eigenvalue weighted by Crippen LogP contribution is -2.39. The lowest BCUT2D eigenvalue weighted by Gasteiger charge is -2.45. The van der Waals surface area contributed by atoms with Gasteiger partial charge in [0, 0.05) is 42.2 Å². The number of hydrogen-bond acceptors (Lipinski definition) is 5. The maximum atomic E-state index is 12.6. The Kier molecular flexibility index (Phi) is 4.87. The Morgan fingerprint density at radius 1 is 1.03 bits per heavy atom. The Morgan fingerprint density at radius 2 is 1.75 bits per heavy atom. The van der Waals surface area contributed by atoms with Crippen LogP contribution in [0.5, 0.6) is 0 Å². The standard InChI is InChI=1S/C26H23N3O2S/c30-23(9-10-24-28-26(29-31-24)16-11-12-32-15-16)27-14-17-13-22-18-5-1-3-7-20(18)25(17)21-8-4-2-6-19(21)22/h1-8,11-12,15,17,22,25H,9-10,13-14H2,(H,27,30). The highest BCUT2D eigenvalue weighted by Crippen LogP contribution is 2.55. The smallest absolute Gasteiger partial charge is 0.227 e. The molecule has 1 amide bonds. The van der Waals surface area contributed by atoms with Gasteiger partial charge in [0.2, 0.25) is 17.6 Å². The summed E-state index contributed by atoms with van der Waals surface area (Å²) in [5, 5.41) is 11.2. The van der Waals surface area contributed by atoms with Crippen molar-refractivity contribution in [1.82, 2.24) is 15.5 Å². The van der Waals surface area contributed by atoms with Crippen LogP contribution >= 0.6 is 11.3 Å². The van der Waals surface area contributed by atoms with E-state index in [1.54, 1.807) is 11.3 Å². The second kappa shape index (κ2) is 8.02. The Labute approximate surface area is 190 Å². The second-order valence-corrected chi connectivity index (χ2v) is 9.39. The van der Waals surface area contributed by atoms with Crippen molar-refractivity contribution < 1.29 is 9.32 Å². The number of nitrogens with zero attached hydrogens (tertiary/aromatic N) is 2. The average molecular weight is 442 g/mol. The van der Waals surface area contributed by atoms with Crippen molar-refractivity contribution in [2.45, 2.75) is 31.1 Å². The number of hydrogen-bond donors (Lipinski definition) is 1. The molecule has 2 aromatic heterocycles. The first-order valence-corrected chi connectivity index (χ1v) is 12.0. The van der Waals surface area contributed by atoms with Gasteiger partial charge in [-0.3, -0.25) is 4.79 Å². The van der Waals surface area contributed by atoms with Gasteiger partial charge in [-0.05, 0) is 46.0 Å². The van der Waals surface area contributed by atoms with Gasteiger partial charge in [-0.25, -0.2) is 0 Å². The minimum atomic E-state index is 0.0308. The lowest BCUT2D eigenvalue weighted by molar-refractivity contribution is -0.121. The van der Waals surface area contributed by atoms with E-state index in [1.807, 2.05) is 16.8 Å². The zero-order valence-electron chi connectivity index (χ0n) is 17.5. The molecule has 6 heteroatoms. The molecule has 160 valence electrons. The molecule has 1 atom stereocenters. The Bertz CT molecular complexity index is 1220. The molecular formula is C26H23N3O2S. The number of aromatic nitrogens is 2. The molecular weight excluding hydrogens is 418 g/mol. The van der Waals surface area contributed by atoms with Crippen LogP contribution in [0, 0.1) is 5.92 Å². The summed E-state index contributed by atoms with van der Waals surface area (Å²) >= 11 is 1.59. The predicted molar refractivity (Wildman–Crippen MR) is 124 cm³/mol. The summed E-state index contributed by atoms with van der Waals surface area (Å²) in [7, 11) is 0. The van der Waals surface area contributed by atoms with E-state index in [9.17, 15) is 4.79 Å². The monoisotopic (exact) mass is 441 g/mol. The number of carbonyl (C=O) groups is 1. The predicted octanol–water partition coefficient (Wildman–Crippen LogP) is 5.14. The van der Waals surface area contributed by atoms with Crippen LogP contribution in [0.15, 0.2) is 69.9 Å². The Hall–Kier alpha value is -3.25. The van der Waals surface area contributed by atoms with Gasteiger partial charge in [0.15, 0.2) is 0 Å². The van der Waals surface area contributed by atoms with Crippen molar-refractivity contribution in [3.05, 3.63) is 93.5 Å². The van der Waals surface area contributed by atoms with Crippen LogP contribution in [0.4, 0.5) is 0 Å². The number of benzene rings is 2. The molecule has 0 spiro atoms. The lowest BCUT2D eigenvalue weighted by atomic mass is 9.59. The van der Waals surface area contributed by atoms with E-state index in [-0.39, 0.29) is 5.91 Å². The number of nitrogens with one attached hydrogen (secondary N) is 1. The molecule has 1 unspecified atom stereocenters. The fourth-order valence-corrected chi connectivity index (χ4v) is 6.01. The summed E-state index contributed by atoms with van der Waals surface area (Å²) in [6.45, 7) is 0.687. The summed E-state index contributed by atoms with van der Waals surface area (Å²) in [5.74, 6) is 2.28. The quantitative estimate of drug-likeness (QED) is 0.450. The van der Waals surface area contributed by atoms with Crippen molar-refractivity contribution in [1.29, 1.82) is 0 Å². The average Bonchev–Trinajstić information content (AvgIpc) is 3.54. The first-order chi connectivity index (χ1) is 15.8. The van der Waals surface area contributed by atoms with Crippen LogP contribution in [0.25, 0.3) is 11.4 Å². The van der Waals surface area contributed by atoms with Crippen LogP contribution in [-0.2, 0) is 11.2 Å². The van der Waals surface area contributed by atoms with Crippen LogP contribution in [0.1, 0.15) is 52.8 Å². The SMILES string of the molecule is O=C(CCc1nc(-c2ccsc2)no1)NCC1CC2c3ccccc3C1c1ccccc12. The number of aryl methyl sites for hydroxylation is 1. The molecule has 2 bridgehead atoms. The van der Waals surface area contributed by atoms with E-state index < -0.39 is 0 Å². The van der Waals surface area contributed by atoms with Crippen molar-refractivity contribution in [3.8, 4) is 11.4 Å². The van der Waals surface area contributed by atoms with Gasteiger partial charge in [-0.1, -0.05) is 53.7 Å². The third-order valence-electron chi connectivity index (χ3n) is 6.80. The topological polar surface area (TPSA) is 68.0 Å². The molecule has 1 N–H and O–H groups in total. The highest BCUT2D eigenvalue weighted by atomic mass is 32.1. The van der Waals surface area contributed by atoms with E-state index in [0.717, 1.165) is 12.0 Å². The minimum absolute atomic E-state index is 0.0308. The number of amides is 1. The maximum absolute atomic E-state index is 12.6. The van der Waals surface area contributed by atoms with Crippen LogP contribution in [-0.4, -0.2) is 22.6 Å². The van der Waals surface area contributed by atoms with Crippen molar-refractivity contribution in [2.24, 2.45) is 5.92 Å². The first kappa shape index (κ1) is 19.4. The van der Waals surface area contributed by atoms with Gasteiger partial charge >= 0.3 is 0 Å². The van der Waals surface area contributed by atoms with Crippen LogP contribution in [0.3, 0.4) is 0 Å². The van der Waals surface area contributed by atoms with E-state index >= 15 is 0 Å². The second-order valence-electron chi connectivity index (χ2n) is 8.61. The zero-order chi connectivity index (χ0) is 21.5. The van der Waals surface area contributed by atoms with Crippen molar-refractivity contribution >= 4 is 17.2 Å². The van der Waals surface area contributed by atoms with Gasteiger partial charge in [0.1, 0.15) is 0 Å².